The first-order valence-electron chi connectivity index (χ1n) is 10.0. The van der Waals surface area contributed by atoms with Gasteiger partial charge in [0.2, 0.25) is 18.1 Å². The Labute approximate surface area is 184 Å². The molecule has 168 valence electrons. The second-order valence-electron chi connectivity index (χ2n) is 7.17. The summed E-state index contributed by atoms with van der Waals surface area (Å²) in [6, 6.07) is 2.53. The van der Waals surface area contributed by atoms with Crippen LogP contribution in [-0.2, 0) is 11.3 Å². The number of likely N-dealkylation sites (N-methyl/N-ethyl adjacent to an activating group) is 1. The second-order valence-corrected chi connectivity index (χ2v) is 8.16. The Morgan fingerprint density at radius 2 is 2.03 bits per heavy atom. The third-order valence-electron chi connectivity index (χ3n) is 5.19. The molecular formula is C21H27N3O6S. The van der Waals surface area contributed by atoms with Crippen LogP contribution < -0.4 is 20.2 Å². The second kappa shape index (κ2) is 10.1. The van der Waals surface area contributed by atoms with E-state index in [0.29, 0.717) is 41.1 Å². The van der Waals surface area contributed by atoms with Gasteiger partial charge in [-0.3, -0.25) is 14.4 Å². The lowest BCUT2D eigenvalue weighted by Crippen LogP contribution is -2.49. The summed E-state index contributed by atoms with van der Waals surface area (Å²) in [5.74, 6) is 0.758. The van der Waals surface area contributed by atoms with Crippen LogP contribution in [0.2, 0.25) is 0 Å². The molecule has 1 aliphatic heterocycles. The molecule has 1 aliphatic rings. The Morgan fingerprint density at radius 3 is 2.68 bits per heavy atom. The van der Waals surface area contributed by atoms with E-state index in [1.54, 1.807) is 35.5 Å². The van der Waals surface area contributed by atoms with Crippen molar-refractivity contribution in [3.63, 3.8) is 0 Å². The Bertz CT molecular complexity index is 1040. The van der Waals surface area contributed by atoms with Crippen LogP contribution in [0.3, 0.4) is 0 Å². The van der Waals surface area contributed by atoms with Gasteiger partial charge in [0.05, 0.1) is 17.5 Å². The SMILES string of the molecule is CCn1cc(C(=O)NC(CCSC)C(=O)N(C)CCO)c(=O)c2cc3c(cc21)OCO3. The number of fused-ring (bicyclic) bond motifs is 2. The van der Waals surface area contributed by atoms with Gasteiger partial charge in [-0.25, -0.2) is 0 Å². The van der Waals surface area contributed by atoms with Crippen LogP contribution in [0.25, 0.3) is 10.9 Å². The van der Waals surface area contributed by atoms with Crippen LogP contribution in [0, 0.1) is 0 Å². The van der Waals surface area contributed by atoms with Gasteiger partial charge in [0.25, 0.3) is 5.91 Å². The molecule has 31 heavy (non-hydrogen) atoms. The zero-order valence-electron chi connectivity index (χ0n) is 17.8. The average Bonchev–Trinajstić information content (AvgIpc) is 3.23. The molecule has 3 rings (SSSR count). The Balaban J connectivity index is 1.96. The van der Waals surface area contributed by atoms with Crippen molar-refractivity contribution in [2.75, 3.05) is 39.0 Å². The molecule has 0 saturated heterocycles. The Kier molecular flexibility index (Phi) is 7.45. The summed E-state index contributed by atoms with van der Waals surface area (Å²) in [6.07, 6.45) is 3.83. The molecule has 2 amide bonds. The van der Waals surface area contributed by atoms with Crippen LogP contribution in [0.5, 0.6) is 11.5 Å². The van der Waals surface area contributed by atoms with Crippen molar-refractivity contribution in [2.24, 2.45) is 0 Å². The van der Waals surface area contributed by atoms with E-state index < -0.39 is 17.4 Å². The van der Waals surface area contributed by atoms with E-state index in [1.165, 1.54) is 11.1 Å². The summed E-state index contributed by atoms with van der Waals surface area (Å²) >= 11 is 1.55. The maximum absolute atomic E-state index is 13.1. The molecular weight excluding hydrogens is 422 g/mol. The molecule has 1 aromatic heterocycles. The van der Waals surface area contributed by atoms with E-state index in [9.17, 15) is 14.4 Å². The molecule has 2 aromatic rings. The fourth-order valence-electron chi connectivity index (χ4n) is 3.46. The number of aliphatic hydroxyl groups is 1. The number of benzene rings is 1. The van der Waals surface area contributed by atoms with Crippen molar-refractivity contribution in [1.82, 2.24) is 14.8 Å². The predicted octanol–water partition coefficient (Wildman–Crippen LogP) is 1.05. The van der Waals surface area contributed by atoms with Gasteiger partial charge < -0.3 is 29.4 Å². The monoisotopic (exact) mass is 449 g/mol. The summed E-state index contributed by atoms with van der Waals surface area (Å²) in [4.78, 5) is 40.3. The van der Waals surface area contributed by atoms with E-state index in [0.717, 1.165) is 0 Å². The number of aromatic nitrogens is 1. The van der Waals surface area contributed by atoms with Crippen molar-refractivity contribution in [2.45, 2.75) is 25.9 Å². The average molecular weight is 450 g/mol. The third kappa shape index (κ3) is 4.80. The summed E-state index contributed by atoms with van der Waals surface area (Å²) < 4.78 is 12.6. The van der Waals surface area contributed by atoms with Gasteiger partial charge in [-0.05, 0) is 31.4 Å². The van der Waals surface area contributed by atoms with Crippen LogP contribution in [0.4, 0.5) is 0 Å². The number of pyridine rings is 1. The number of hydrogen-bond donors (Lipinski definition) is 2. The fraction of sp³-hybridized carbons (Fsp3) is 0.476. The number of aliphatic hydroxyl groups excluding tert-OH is 1. The number of carbonyl (C=O) groups is 2. The molecule has 0 aliphatic carbocycles. The molecule has 1 unspecified atom stereocenters. The van der Waals surface area contributed by atoms with E-state index >= 15 is 0 Å². The lowest BCUT2D eigenvalue weighted by atomic mass is 10.1. The maximum atomic E-state index is 13.1. The molecule has 2 heterocycles. The van der Waals surface area contributed by atoms with Crippen molar-refractivity contribution in [3.05, 3.63) is 34.1 Å². The number of nitrogens with zero attached hydrogens (tertiary/aromatic N) is 2. The molecule has 0 radical (unpaired) electrons. The molecule has 0 spiro atoms. The molecule has 0 bridgehead atoms. The molecule has 1 atom stereocenters. The summed E-state index contributed by atoms with van der Waals surface area (Å²) in [6.45, 7) is 2.51. The molecule has 9 nitrogen and oxygen atoms in total. The number of ether oxygens (including phenoxy) is 2. The number of hydrogen-bond acceptors (Lipinski definition) is 7. The highest BCUT2D eigenvalue weighted by Gasteiger charge is 2.26. The van der Waals surface area contributed by atoms with Crippen molar-refractivity contribution in [3.8, 4) is 11.5 Å². The number of nitrogens with one attached hydrogen (secondary N) is 1. The number of thioether (sulfide) groups is 1. The number of rotatable bonds is 9. The van der Waals surface area contributed by atoms with E-state index in [-0.39, 0.29) is 31.4 Å². The van der Waals surface area contributed by atoms with Crippen LogP contribution in [0.1, 0.15) is 23.7 Å². The first-order valence-corrected chi connectivity index (χ1v) is 11.4. The third-order valence-corrected chi connectivity index (χ3v) is 5.83. The van der Waals surface area contributed by atoms with E-state index in [4.69, 9.17) is 14.6 Å². The van der Waals surface area contributed by atoms with E-state index in [1.807, 2.05) is 13.2 Å². The quantitative estimate of drug-likeness (QED) is 0.589. The van der Waals surface area contributed by atoms with Crippen LogP contribution in [-0.4, -0.2) is 71.4 Å². The first-order chi connectivity index (χ1) is 14.9. The van der Waals surface area contributed by atoms with Crippen molar-refractivity contribution < 1.29 is 24.2 Å². The van der Waals surface area contributed by atoms with Gasteiger partial charge in [0, 0.05) is 32.4 Å². The Morgan fingerprint density at radius 1 is 1.32 bits per heavy atom. The summed E-state index contributed by atoms with van der Waals surface area (Å²) in [5, 5.41) is 12.2. The topological polar surface area (TPSA) is 110 Å². The highest BCUT2D eigenvalue weighted by molar-refractivity contribution is 7.98. The van der Waals surface area contributed by atoms with Gasteiger partial charge in [0.1, 0.15) is 11.6 Å². The smallest absolute Gasteiger partial charge is 0.257 e. The molecule has 1 aromatic carbocycles. The lowest BCUT2D eigenvalue weighted by Gasteiger charge is -2.24. The normalized spacial score (nSPS) is 13.3. The highest BCUT2D eigenvalue weighted by atomic mass is 32.2. The molecule has 0 saturated carbocycles. The zero-order valence-corrected chi connectivity index (χ0v) is 18.7. The predicted molar refractivity (Wildman–Crippen MR) is 119 cm³/mol. The van der Waals surface area contributed by atoms with E-state index in [2.05, 4.69) is 5.32 Å². The first kappa shape index (κ1) is 23.0. The largest absolute Gasteiger partial charge is 0.454 e. The molecule has 10 heteroatoms. The maximum Gasteiger partial charge on any atom is 0.257 e. The van der Waals surface area contributed by atoms with Crippen LogP contribution in [0.15, 0.2) is 23.1 Å². The van der Waals surface area contributed by atoms with Crippen molar-refractivity contribution >= 4 is 34.5 Å². The van der Waals surface area contributed by atoms with Gasteiger partial charge in [-0.1, -0.05) is 0 Å². The molecule has 0 fully saturated rings. The van der Waals surface area contributed by atoms with Gasteiger partial charge in [-0.15, -0.1) is 0 Å². The van der Waals surface area contributed by atoms with Crippen LogP contribution >= 0.6 is 11.8 Å². The fourth-order valence-corrected chi connectivity index (χ4v) is 3.93. The number of carbonyl (C=O) groups excluding carboxylic acids is 2. The van der Waals surface area contributed by atoms with Gasteiger partial charge in [0.15, 0.2) is 11.5 Å². The standard InChI is InChI=1S/C21H27N3O6S/c1-4-24-11-14(19(26)13-9-17-18(10-16(13)24)30-12-29-17)20(27)22-15(5-8-31-3)21(28)23(2)6-7-25/h9-11,15,25H,4-8,12H2,1-3H3,(H,22,27). The van der Waals surface area contributed by atoms with Gasteiger partial charge >= 0.3 is 0 Å². The minimum absolute atomic E-state index is 0.0417. The number of amides is 2. The Hall–Kier alpha value is -2.72. The van der Waals surface area contributed by atoms with Crippen molar-refractivity contribution in [1.29, 1.82) is 0 Å². The summed E-state index contributed by atoms with van der Waals surface area (Å²) in [5.41, 5.74) is 0.168. The highest BCUT2D eigenvalue weighted by Crippen LogP contribution is 2.35. The zero-order chi connectivity index (χ0) is 22.5. The molecule has 2 N–H and O–H groups in total. The van der Waals surface area contributed by atoms with Gasteiger partial charge in [-0.2, -0.15) is 11.8 Å². The number of aryl methyl sites for hydroxylation is 1. The minimum atomic E-state index is -0.793. The summed E-state index contributed by atoms with van der Waals surface area (Å²) in [7, 11) is 1.57. The minimum Gasteiger partial charge on any atom is -0.454 e. The lowest BCUT2D eigenvalue weighted by molar-refractivity contribution is -0.132.